The second-order valence-electron chi connectivity index (χ2n) is 1.97. The third-order valence-electron chi connectivity index (χ3n) is 0.851. The fraction of sp³-hybridized carbons (Fsp3) is 0.667. The maximum Gasteiger partial charge on any atom is 0.327 e. The van der Waals surface area contributed by atoms with Gasteiger partial charge in [0.15, 0.2) is 0 Å². The molecule has 0 aromatic heterocycles. The quantitative estimate of drug-likeness (QED) is 0.440. The Hall–Kier alpha value is 0.1000. The average molecular weight is 288 g/mol. The molecule has 0 bridgehead atoms. The Labute approximate surface area is 81.7 Å². The van der Waals surface area contributed by atoms with E-state index in [4.69, 9.17) is 0 Å². The second-order valence-corrected chi connectivity index (χ2v) is 4.72. The van der Waals surface area contributed by atoms with Crippen molar-refractivity contribution in [3.63, 3.8) is 0 Å². The van der Waals surface area contributed by atoms with E-state index in [1.54, 1.807) is 13.8 Å². The van der Waals surface area contributed by atoms with Gasteiger partial charge in [-0.25, -0.2) is 0 Å². The second kappa shape index (κ2) is 4.87. The predicted molar refractivity (Wildman–Crippen MR) is 47.9 cm³/mol. The number of carbonyl (C=O) groups excluding carboxylic acids is 2. The molecule has 0 aliphatic carbocycles. The third-order valence-corrected chi connectivity index (χ3v) is 1.60. The summed E-state index contributed by atoms with van der Waals surface area (Å²) in [6.07, 6.45) is 0. The van der Waals surface area contributed by atoms with Gasteiger partial charge in [0, 0.05) is 0 Å². The molecule has 0 amide bonds. The van der Waals surface area contributed by atoms with E-state index in [0.29, 0.717) is 0 Å². The number of esters is 2. The molecular formula is C6H8Br2O3. The molecule has 11 heavy (non-hydrogen) atoms. The minimum atomic E-state index is -0.568. The molecule has 0 aliphatic rings. The molecule has 5 heteroatoms. The van der Waals surface area contributed by atoms with E-state index in [2.05, 4.69) is 36.6 Å². The van der Waals surface area contributed by atoms with E-state index in [0.717, 1.165) is 0 Å². The Morgan fingerprint density at radius 3 is 1.55 bits per heavy atom. The lowest BCUT2D eigenvalue weighted by Crippen LogP contribution is -2.23. The summed E-state index contributed by atoms with van der Waals surface area (Å²) < 4.78 is 4.40. The van der Waals surface area contributed by atoms with Gasteiger partial charge in [-0.1, -0.05) is 31.9 Å². The SMILES string of the molecule is CC(Br)C(=O)OC(=O)C(C)Br. The smallest absolute Gasteiger partial charge is 0.327 e. The molecular weight excluding hydrogens is 280 g/mol. The molecule has 2 unspecified atom stereocenters. The van der Waals surface area contributed by atoms with Crippen molar-refractivity contribution >= 4 is 43.8 Å². The van der Waals surface area contributed by atoms with Crippen molar-refractivity contribution in [1.82, 2.24) is 0 Å². The molecule has 64 valence electrons. The number of carbonyl (C=O) groups is 2. The van der Waals surface area contributed by atoms with Gasteiger partial charge in [-0.3, -0.25) is 9.59 Å². The highest BCUT2D eigenvalue weighted by molar-refractivity contribution is 9.10. The average Bonchev–Trinajstić information content (AvgIpc) is 1.87. The fourth-order valence-electron chi connectivity index (χ4n) is 0.262. The first-order valence-electron chi connectivity index (χ1n) is 2.98. The first-order valence-corrected chi connectivity index (χ1v) is 4.82. The Kier molecular flexibility index (Phi) is 4.92. The fourth-order valence-corrected chi connectivity index (χ4v) is 0.448. The molecule has 2 atom stereocenters. The lowest BCUT2D eigenvalue weighted by atomic mass is 10.5. The Bertz CT molecular complexity index is 147. The van der Waals surface area contributed by atoms with Crippen LogP contribution in [0.2, 0.25) is 0 Å². The van der Waals surface area contributed by atoms with Crippen molar-refractivity contribution < 1.29 is 14.3 Å². The summed E-state index contributed by atoms with van der Waals surface area (Å²) >= 11 is 5.95. The van der Waals surface area contributed by atoms with Crippen molar-refractivity contribution in [2.75, 3.05) is 0 Å². The molecule has 0 radical (unpaired) electrons. The first-order chi connectivity index (χ1) is 4.95. The normalized spacial score (nSPS) is 15.3. The van der Waals surface area contributed by atoms with Crippen LogP contribution in [0.1, 0.15) is 13.8 Å². The van der Waals surface area contributed by atoms with Gasteiger partial charge in [-0.05, 0) is 13.8 Å². The summed E-state index contributed by atoms with van der Waals surface area (Å²) in [4.78, 5) is 20.6. The highest BCUT2D eigenvalue weighted by Crippen LogP contribution is 2.05. The van der Waals surface area contributed by atoms with Crippen LogP contribution in [0.15, 0.2) is 0 Å². The summed E-state index contributed by atoms with van der Waals surface area (Å²) in [7, 11) is 0. The first kappa shape index (κ1) is 11.1. The van der Waals surface area contributed by atoms with Crippen molar-refractivity contribution in [3.8, 4) is 0 Å². The number of hydrogen-bond donors (Lipinski definition) is 0. The molecule has 0 aromatic carbocycles. The van der Waals surface area contributed by atoms with E-state index >= 15 is 0 Å². The Morgan fingerprint density at radius 2 is 1.36 bits per heavy atom. The maximum atomic E-state index is 10.7. The minimum Gasteiger partial charge on any atom is -0.391 e. The van der Waals surface area contributed by atoms with Crippen molar-refractivity contribution in [2.24, 2.45) is 0 Å². The summed E-state index contributed by atoms with van der Waals surface area (Å²) in [6.45, 7) is 3.18. The molecule has 0 N–H and O–H groups in total. The van der Waals surface area contributed by atoms with Gasteiger partial charge in [0.1, 0.15) is 9.65 Å². The summed E-state index contributed by atoms with van der Waals surface area (Å²) in [6, 6.07) is 0. The molecule has 0 heterocycles. The van der Waals surface area contributed by atoms with Gasteiger partial charge < -0.3 is 4.74 Å². The molecule has 3 nitrogen and oxygen atoms in total. The van der Waals surface area contributed by atoms with Crippen molar-refractivity contribution in [3.05, 3.63) is 0 Å². The minimum absolute atomic E-state index is 0.447. The third kappa shape index (κ3) is 4.53. The van der Waals surface area contributed by atoms with Crippen LogP contribution in [0.4, 0.5) is 0 Å². The predicted octanol–water partition coefficient (Wildman–Crippen LogP) is 1.62. The summed E-state index contributed by atoms with van der Waals surface area (Å²) in [5.74, 6) is -1.14. The van der Waals surface area contributed by atoms with E-state index in [-0.39, 0.29) is 0 Å². The van der Waals surface area contributed by atoms with Crippen LogP contribution < -0.4 is 0 Å². The van der Waals surface area contributed by atoms with Gasteiger partial charge in [-0.2, -0.15) is 0 Å². The number of alkyl halides is 2. The summed E-state index contributed by atoms with van der Waals surface area (Å²) in [5, 5.41) is 0. The highest BCUT2D eigenvalue weighted by Gasteiger charge is 2.18. The van der Waals surface area contributed by atoms with E-state index in [1.807, 2.05) is 0 Å². The zero-order chi connectivity index (χ0) is 9.02. The lowest BCUT2D eigenvalue weighted by molar-refractivity contribution is -0.158. The summed E-state index contributed by atoms with van der Waals surface area (Å²) in [5.41, 5.74) is 0. The van der Waals surface area contributed by atoms with Crippen molar-refractivity contribution in [2.45, 2.75) is 23.5 Å². The number of halogens is 2. The topological polar surface area (TPSA) is 43.4 Å². The largest absolute Gasteiger partial charge is 0.391 e. The number of hydrogen-bond acceptors (Lipinski definition) is 3. The molecule has 0 spiro atoms. The molecule has 0 fully saturated rings. The molecule has 0 saturated carbocycles. The molecule has 0 rings (SSSR count). The van der Waals surface area contributed by atoms with Crippen molar-refractivity contribution in [1.29, 1.82) is 0 Å². The van der Waals surface area contributed by atoms with E-state index in [1.165, 1.54) is 0 Å². The zero-order valence-corrected chi connectivity index (χ0v) is 9.31. The molecule has 0 saturated heterocycles. The van der Waals surface area contributed by atoms with Crippen LogP contribution in [-0.4, -0.2) is 21.6 Å². The van der Waals surface area contributed by atoms with Gasteiger partial charge >= 0.3 is 11.9 Å². The van der Waals surface area contributed by atoms with Crippen LogP contribution in [0.25, 0.3) is 0 Å². The Morgan fingerprint density at radius 1 is 1.09 bits per heavy atom. The number of rotatable bonds is 2. The monoisotopic (exact) mass is 286 g/mol. The Balaban J connectivity index is 3.86. The van der Waals surface area contributed by atoms with Crippen LogP contribution >= 0.6 is 31.9 Å². The molecule has 0 aromatic rings. The van der Waals surface area contributed by atoms with Crippen LogP contribution in [-0.2, 0) is 14.3 Å². The standard InChI is InChI=1S/C6H8Br2O3/c1-3(7)5(9)11-6(10)4(2)8/h3-4H,1-2H3. The molecule has 0 aliphatic heterocycles. The van der Waals surface area contributed by atoms with Gasteiger partial charge in [0.2, 0.25) is 0 Å². The van der Waals surface area contributed by atoms with Crippen LogP contribution in [0, 0.1) is 0 Å². The van der Waals surface area contributed by atoms with E-state index in [9.17, 15) is 9.59 Å². The van der Waals surface area contributed by atoms with Gasteiger partial charge in [0.25, 0.3) is 0 Å². The zero-order valence-electron chi connectivity index (χ0n) is 6.14. The maximum absolute atomic E-state index is 10.7. The lowest BCUT2D eigenvalue weighted by Gasteiger charge is -2.04. The number of ether oxygens (including phenoxy) is 1. The highest BCUT2D eigenvalue weighted by atomic mass is 79.9. The van der Waals surface area contributed by atoms with Gasteiger partial charge in [0.05, 0.1) is 0 Å². The van der Waals surface area contributed by atoms with Gasteiger partial charge in [-0.15, -0.1) is 0 Å². The van der Waals surface area contributed by atoms with E-state index < -0.39 is 21.6 Å². The van der Waals surface area contributed by atoms with Crippen LogP contribution in [0.5, 0.6) is 0 Å². The van der Waals surface area contributed by atoms with Crippen LogP contribution in [0.3, 0.4) is 0 Å².